The molecule has 3 heteroatoms. The molecule has 3 nitrogen and oxygen atoms in total. The van der Waals surface area contributed by atoms with E-state index in [-0.39, 0.29) is 5.54 Å². The van der Waals surface area contributed by atoms with Crippen LogP contribution in [0.4, 0.5) is 0 Å². The summed E-state index contributed by atoms with van der Waals surface area (Å²) in [6.07, 6.45) is 1.84. The third kappa shape index (κ3) is 0.768. The van der Waals surface area contributed by atoms with Crippen molar-refractivity contribution in [2.45, 2.75) is 26.3 Å². The van der Waals surface area contributed by atoms with Gasteiger partial charge in [0.1, 0.15) is 6.61 Å². The molecule has 0 amide bonds. The maximum atomic E-state index is 5.39. The van der Waals surface area contributed by atoms with Gasteiger partial charge in [0, 0.05) is 5.69 Å². The molecule has 1 aromatic heterocycles. The normalized spacial score (nSPS) is 19.5. The van der Waals surface area contributed by atoms with Crippen molar-refractivity contribution in [3.05, 3.63) is 11.9 Å². The number of imidazole rings is 1. The number of nitrogens with zero attached hydrogens (tertiary/aromatic N) is 2. The summed E-state index contributed by atoms with van der Waals surface area (Å²) in [5.74, 6) is 0. The Morgan fingerprint density at radius 2 is 2.36 bits per heavy atom. The predicted octanol–water partition coefficient (Wildman–Crippen LogP) is 1.32. The molecule has 0 saturated carbocycles. The van der Waals surface area contributed by atoms with Crippen LogP contribution in [-0.2, 0) is 5.54 Å². The molecule has 11 heavy (non-hydrogen) atoms. The Morgan fingerprint density at radius 3 is 3.00 bits per heavy atom. The van der Waals surface area contributed by atoms with Crippen LogP contribution in [0.2, 0.25) is 0 Å². The second-order valence-electron chi connectivity index (χ2n) is 3.62. The monoisotopic (exact) mass is 152 g/mol. The van der Waals surface area contributed by atoms with E-state index in [2.05, 4.69) is 23.4 Å². The summed E-state index contributed by atoms with van der Waals surface area (Å²) in [7, 11) is 0. The van der Waals surface area contributed by atoms with Crippen LogP contribution in [0.25, 0.3) is 0 Å². The molecule has 0 saturated heterocycles. The highest BCUT2D eigenvalue weighted by Gasteiger charge is 2.32. The SMILES string of the molecule is Cc1cnc2n1C(C)(C)CO2. The molecule has 2 rings (SSSR count). The number of aromatic nitrogens is 2. The summed E-state index contributed by atoms with van der Waals surface area (Å²) in [6, 6.07) is 0.757. The third-order valence-corrected chi connectivity index (χ3v) is 2.07. The molecule has 0 aliphatic carbocycles. The van der Waals surface area contributed by atoms with E-state index < -0.39 is 0 Å². The van der Waals surface area contributed by atoms with Crippen LogP contribution in [0.5, 0.6) is 6.01 Å². The van der Waals surface area contributed by atoms with E-state index in [9.17, 15) is 0 Å². The minimum atomic E-state index is 0.0793. The second-order valence-corrected chi connectivity index (χ2v) is 3.62. The number of aryl methyl sites for hydroxylation is 1. The summed E-state index contributed by atoms with van der Waals surface area (Å²) in [5, 5.41) is 0. The largest absolute Gasteiger partial charge is 0.462 e. The molecule has 1 aromatic rings. The van der Waals surface area contributed by atoms with Gasteiger partial charge in [0.25, 0.3) is 6.01 Å². The Labute approximate surface area is 66.0 Å². The maximum absolute atomic E-state index is 5.39. The van der Waals surface area contributed by atoms with Crippen LogP contribution in [0.1, 0.15) is 19.5 Å². The van der Waals surface area contributed by atoms with E-state index in [0.29, 0.717) is 0 Å². The van der Waals surface area contributed by atoms with E-state index >= 15 is 0 Å². The van der Waals surface area contributed by atoms with Crippen LogP contribution in [0.15, 0.2) is 6.20 Å². The van der Waals surface area contributed by atoms with E-state index in [1.165, 1.54) is 5.69 Å². The molecule has 0 atom stereocenters. The molecule has 2 heterocycles. The van der Waals surface area contributed by atoms with Gasteiger partial charge in [-0.2, -0.15) is 0 Å². The Hall–Kier alpha value is -0.990. The van der Waals surface area contributed by atoms with Crippen LogP contribution >= 0.6 is 0 Å². The summed E-state index contributed by atoms with van der Waals surface area (Å²) in [6.45, 7) is 7.08. The van der Waals surface area contributed by atoms with Gasteiger partial charge in [-0.1, -0.05) is 0 Å². The van der Waals surface area contributed by atoms with Crippen molar-refractivity contribution in [3.8, 4) is 6.01 Å². The molecule has 0 fully saturated rings. The smallest absolute Gasteiger partial charge is 0.297 e. The van der Waals surface area contributed by atoms with E-state index in [1.54, 1.807) is 0 Å². The third-order valence-electron chi connectivity index (χ3n) is 2.07. The van der Waals surface area contributed by atoms with Crippen molar-refractivity contribution >= 4 is 0 Å². The Kier molecular flexibility index (Phi) is 1.09. The van der Waals surface area contributed by atoms with Crippen molar-refractivity contribution in [1.82, 2.24) is 9.55 Å². The van der Waals surface area contributed by atoms with Gasteiger partial charge in [-0.05, 0) is 20.8 Å². The van der Waals surface area contributed by atoms with Crippen LogP contribution < -0.4 is 4.74 Å². The minimum absolute atomic E-state index is 0.0793. The molecule has 0 unspecified atom stereocenters. The lowest BCUT2D eigenvalue weighted by Crippen LogP contribution is -2.26. The van der Waals surface area contributed by atoms with Crippen molar-refractivity contribution in [3.63, 3.8) is 0 Å². The first kappa shape index (κ1) is 6.70. The molecule has 0 aromatic carbocycles. The van der Waals surface area contributed by atoms with Gasteiger partial charge in [-0.25, -0.2) is 4.98 Å². The predicted molar refractivity (Wildman–Crippen MR) is 41.8 cm³/mol. The van der Waals surface area contributed by atoms with Crippen LogP contribution in [0.3, 0.4) is 0 Å². The molecular weight excluding hydrogens is 140 g/mol. The molecule has 0 bridgehead atoms. The van der Waals surface area contributed by atoms with Crippen molar-refractivity contribution in [1.29, 1.82) is 0 Å². The molecule has 0 N–H and O–H groups in total. The van der Waals surface area contributed by atoms with Crippen molar-refractivity contribution in [2.75, 3.05) is 6.61 Å². The molecule has 60 valence electrons. The fourth-order valence-electron chi connectivity index (χ4n) is 1.56. The molecule has 0 radical (unpaired) electrons. The zero-order valence-electron chi connectivity index (χ0n) is 7.09. The average Bonchev–Trinajstić information content (AvgIpc) is 2.38. The highest BCUT2D eigenvalue weighted by molar-refractivity contribution is 5.16. The van der Waals surface area contributed by atoms with Crippen LogP contribution in [0, 0.1) is 6.92 Å². The summed E-state index contributed by atoms with van der Waals surface area (Å²) in [5.41, 5.74) is 1.25. The minimum Gasteiger partial charge on any atom is -0.462 e. The molecular formula is C8H12N2O. The van der Waals surface area contributed by atoms with Gasteiger partial charge in [0.2, 0.25) is 0 Å². The van der Waals surface area contributed by atoms with Gasteiger partial charge >= 0.3 is 0 Å². The number of fused-ring (bicyclic) bond motifs is 1. The molecule has 0 spiro atoms. The van der Waals surface area contributed by atoms with Crippen LogP contribution in [-0.4, -0.2) is 16.2 Å². The van der Waals surface area contributed by atoms with E-state index in [1.807, 2.05) is 13.1 Å². The maximum Gasteiger partial charge on any atom is 0.297 e. The van der Waals surface area contributed by atoms with Gasteiger partial charge < -0.3 is 4.74 Å². The Bertz CT molecular complexity index is 288. The average molecular weight is 152 g/mol. The fourth-order valence-corrected chi connectivity index (χ4v) is 1.56. The number of rotatable bonds is 0. The summed E-state index contributed by atoms with van der Waals surface area (Å²) < 4.78 is 7.52. The van der Waals surface area contributed by atoms with Gasteiger partial charge in [0.05, 0.1) is 11.7 Å². The van der Waals surface area contributed by atoms with Crippen molar-refractivity contribution < 1.29 is 4.74 Å². The zero-order chi connectivity index (χ0) is 8.06. The highest BCUT2D eigenvalue weighted by Crippen LogP contribution is 2.30. The van der Waals surface area contributed by atoms with Gasteiger partial charge in [-0.15, -0.1) is 0 Å². The second kappa shape index (κ2) is 1.78. The first-order valence-corrected chi connectivity index (χ1v) is 3.79. The number of hydrogen-bond donors (Lipinski definition) is 0. The summed E-state index contributed by atoms with van der Waals surface area (Å²) >= 11 is 0. The topological polar surface area (TPSA) is 27.1 Å². The Morgan fingerprint density at radius 1 is 1.64 bits per heavy atom. The van der Waals surface area contributed by atoms with E-state index in [4.69, 9.17) is 4.74 Å². The number of hydrogen-bond acceptors (Lipinski definition) is 2. The first-order chi connectivity index (χ1) is 5.11. The lowest BCUT2D eigenvalue weighted by atomic mass is 10.1. The quantitative estimate of drug-likeness (QED) is 0.560. The van der Waals surface area contributed by atoms with E-state index in [0.717, 1.165) is 12.6 Å². The highest BCUT2D eigenvalue weighted by atomic mass is 16.5. The van der Waals surface area contributed by atoms with Gasteiger partial charge in [-0.3, -0.25) is 4.57 Å². The Balaban J connectivity index is 2.60. The summed E-state index contributed by atoms with van der Waals surface area (Å²) in [4.78, 5) is 4.13. The fraction of sp³-hybridized carbons (Fsp3) is 0.625. The lowest BCUT2D eigenvalue weighted by molar-refractivity contribution is 0.265. The van der Waals surface area contributed by atoms with Crippen molar-refractivity contribution in [2.24, 2.45) is 0 Å². The molecule has 1 aliphatic heterocycles. The lowest BCUT2D eigenvalue weighted by Gasteiger charge is -2.18. The number of ether oxygens (including phenoxy) is 1. The molecule has 1 aliphatic rings. The van der Waals surface area contributed by atoms with Gasteiger partial charge in [0.15, 0.2) is 0 Å². The standard InChI is InChI=1S/C8H12N2O/c1-6-4-9-7-10(6)8(2,3)5-11-7/h4H,5H2,1-3H3. The zero-order valence-corrected chi connectivity index (χ0v) is 7.09. The first-order valence-electron chi connectivity index (χ1n) is 3.79.